The van der Waals surface area contributed by atoms with E-state index in [1.54, 1.807) is 0 Å². The van der Waals surface area contributed by atoms with Gasteiger partial charge in [-0.1, -0.05) is 84.9 Å². The molecule has 4 aromatic carbocycles. The summed E-state index contributed by atoms with van der Waals surface area (Å²) >= 11 is 0. The lowest BCUT2D eigenvalue weighted by molar-refractivity contribution is -0.135. The molecule has 0 radical (unpaired) electrons. The third-order valence-electron chi connectivity index (χ3n) is 9.20. The molecule has 5 N–H and O–H groups in total. The number of benzene rings is 4. The summed E-state index contributed by atoms with van der Waals surface area (Å²) in [6.45, 7) is 3.30. The molecular formula is C36H43N5O2. The van der Waals surface area contributed by atoms with Gasteiger partial charge in [0, 0.05) is 37.6 Å². The first kappa shape index (κ1) is 29.3. The molecule has 2 aliphatic heterocycles. The van der Waals surface area contributed by atoms with E-state index in [-0.39, 0.29) is 30.8 Å². The van der Waals surface area contributed by atoms with Crippen LogP contribution in [0.25, 0.3) is 21.5 Å². The van der Waals surface area contributed by atoms with Gasteiger partial charge in [0.1, 0.15) is 0 Å². The quantitative estimate of drug-likeness (QED) is 0.191. The summed E-state index contributed by atoms with van der Waals surface area (Å²) in [6, 6.07) is 29.0. The molecular weight excluding hydrogens is 534 g/mol. The summed E-state index contributed by atoms with van der Waals surface area (Å²) in [5.41, 5.74) is 7.97. The van der Waals surface area contributed by atoms with Crippen molar-refractivity contribution >= 4 is 33.4 Å². The third-order valence-corrected chi connectivity index (χ3v) is 9.20. The Labute approximate surface area is 254 Å². The number of amides is 2. The molecule has 4 aromatic rings. The second-order valence-corrected chi connectivity index (χ2v) is 12.1. The van der Waals surface area contributed by atoms with Crippen molar-refractivity contribution < 1.29 is 9.59 Å². The zero-order valence-electron chi connectivity index (χ0n) is 24.8. The van der Waals surface area contributed by atoms with Crippen LogP contribution in [-0.4, -0.2) is 55.0 Å². The molecule has 0 unspecified atom stereocenters. The van der Waals surface area contributed by atoms with Crippen LogP contribution in [0.5, 0.6) is 0 Å². The van der Waals surface area contributed by atoms with Crippen LogP contribution in [0.3, 0.4) is 0 Å². The van der Waals surface area contributed by atoms with Gasteiger partial charge in [-0.3, -0.25) is 9.59 Å². The fraction of sp³-hybridized carbons (Fsp3) is 0.389. The van der Waals surface area contributed by atoms with Crippen molar-refractivity contribution in [1.29, 1.82) is 0 Å². The Kier molecular flexibility index (Phi) is 9.32. The van der Waals surface area contributed by atoms with Gasteiger partial charge in [-0.05, 0) is 71.4 Å². The maximum Gasteiger partial charge on any atom is 0.225 e. The van der Waals surface area contributed by atoms with E-state index in [0.717, 1.165) is 71.6 Å². The predicted molar refractivity (Wildman–Crippen MR) is 174 cm³/mol. The van der Waals surface area contributed by atoms with Crippen LogP contribution < -0.4 is 21.7 Å². The first-order chi connectivity index (χ1) is 21.1. The van der Waals surface area contributed by atoms with Crippen LogP contribution >= 0.6 is 0 Å². The number of hydrogen-bond donors (Lipinski definition) is 4. The van der Waals surface area contributed by atoms with E-state index in [0.29, 0.717) is 12.6 Å². The summed E-state index contributed by atoms with van der Waals surface area (Å²) in [6.07, 6.45) is 4.74. The minimum atomic E-state index is -0.455. The zero-order chi connectivity index (χ0) is 29.6. The molecule has 6 rings (SSSR count). The molecule has 7 nitrogen and oxygen atoms in total. The standard InChI is InChI=1S/C36H43N5O2/c37-35(42)22-34(32-18-6-12-26-10-2-4-16-30(26)32)41(24-28-14-8-20-39-28)36(43)21-33(40-23-27-13-7-19-38-27)31-17-5-11-25-9-1-3-15-29(25)31/h1-6,9-12,15-18,27-28,33-34,38-40H,7-8,13-14,19-24H2,(H2,37,42)/t27-,28-,33+,34+/m1/s1. The van der Waals surface area contributed by atoms with Gasteiger partial charge in [-0.15, -0.1) is 0 Å². The van der Waals surface area contributed by atoms with E-state index in [1.807, 2.05) is 29.2 Å². The molecule has 0 spiro atoms. The van der Waals surface area contributed by atoms with Crippen LogP contribution in [0.15, 0.2) is 84.9 Å². The van der Waals surface area contributed by atoms with Crippen molar-refractivity contribution in [2.75, 3.05) is 26.2 Å². The number of carbonyl (C=O) groups is 2. The molecule has 2 amide bonds. The molecule has 2 fully saturated rings. The van der Waals surface area contributed by atoms with Crippen LogP contribution in [-0.2, 0) is 9.59 Å². The SMILES string of the molecule is NC(=O)C[C@@H](c1cccc2ccccc12)N(C[C@H]1CCCN1)C(=O)C[C@H](NC[C@H]1CCCN1)c1cccc2ccccc12. The van der Waals surface area contributed by atoms with Crippen LogP contribution in [0.2, 0.25) is 0 Å². The van der Waals surface area contributed by atoms with Crippen LogP contribution in [0, 0.1) is 0 Å². The van der Waals surface area contributed by atoms with E-state index < -0.39 is 11.9 Å². The highest BCUT2D eigenvalue weighted by molar-refractivity contribution is 5.89. The topological polar surface area (TPSA) is 99.5 Å². The fourth-order valence-corrected chi connectivity index (χ4v) is 7.03. The van der Waals surface area contributed by atoms with Gasteiger partial charge >= 0.3 is 0 Å². The second kappa shape index (κ2) is 13.7. The number of hydrogen-bond acceptors (Lipinski definition) is 5. The van der Waals surface area contributed by atoms with Gasteiger partial charge in [0.2, 0.25) is 11.8 Å². The summed E-state index contributed by atoms with van der Waals surface area (Å²) in [7, 11) is 0. The van der Waals surface area contributed by atoms with E-state index in [1.165, 1.54) is 6.42 Å². The van der Waals surface area contributed by atoms with E-state index in [2.05, 4.69) is 76.6 Å². The van der Waals surface area contributed by atoms with Crippen molar-refractivity contribution in [1.82, 2.24) is 20.9 Å². The summed E-state index contributed by atoms with van der Waals surface area (Å²) < 4.78 is 0. The Morgan fingerprint density at radius 1 is 0.767 bits per heavy atom. The first-order valence-electron chi connectivity index (χ1n) is 15.8. The lowest BCUT2D eigenvalue weighted by Gasteiger charge is -2.36. The number of primary amides is 1. The van der Waals surface area contributed by atoms with Crippen molar-refractivity contribution in [2.24, 2.45) is 5.73 Å². The Morgan fingerprint density at radius 2 is 1.35 bits per heavy atom. The maximum atomic E-state index is 14.7. The molecule has 2 saturated heterocycles. The predicted octanol–water partition coefficient (Wildman–Crippen LogP) is 4.96. The number of nitrogens with two attached hydrogens (primary N) is 1. The number of nitrogens with zero attached hydrogens (tertiary/aromatic N) is 1. The van der Waals surface area contributed by atoms with Gasteiger partial charge in [0.25, 0.3) is 0 Å². The molecule has 4 atom stereocenters. The molecule has 7 heteroatoms. The zero-order valence-corrected chi connectivity index (χ0v) is 24.8. The van der Waals surface area contributed by atoms with Gasteiger partial charge < -0.3 is 26.6 Å². The Bertz CT molecular complexity index is 1550. The summed E-state index contributed by atoms with van der Waals surface area (Å²) in [5.74, 6) is -0.385. The van der Waals surface area contributed by atoms with Crippen LogP contribution in [0.4, 0.5) is 0 Å². The molecule has 2 aliphatic rings. The van der Waals surface area contributed by atoms with Gasteiger partial charge in [-0.25, -0.2) is 0 Å². The fourth-order valence-electron chi connectivity index (χ4n) is 7.03. The van der Waals surface area contributed by atoms with Crippen molar-refractivity contribution in [3.8, 4) is 0 Å². The van der Waals surface area contributed by atoms with E-state index in [9.17, 15) is 9.59 Å². The molecule has 224 valence electrons. The Morgan fingerprint density at radius 3 is 1.98 bits per heavy atom. The van der Waals surface area contributed by atoms with Crippen molar-refractivity contribution in [2.45, 2.75) is 62.7 Å². The smallest absolute Gasteiger partial charge is 0.225 e. The third kappa shape index (κ3) is 6.90. The van der Waals surface area contributed by atoms with E-state index >= 15 is 0 Å². The average Bonchev–Trinajstić information content (AvgIpc) is 3.75. The first-order valence-corrected chi connectivity index (χ1v) is 15.8. The molecule has 0 aromatic heterocycles. The van der Waals surface area contributed by atoms with E-state index in [4.69, 9.17) is 5.73 Å². The Hall–Kier alpha value is -3.78. The van der Waals surface area contributed by atoms with Crippen LogP contribution in [0.1, 0.15) is 61.7 Å². The number of nitrogens with one attached hydrogen (secondary N) is 3. The maximum absolute atomic E-state index is 14.7. The lowest BCUT2D eigenvalue weighted by atomic mass is 9.93. The number of rotatable bonds is 12. The molecule has 2 heterocycles. The minimum Gasteiger partial charge on any atom is -0.370 e. The number of fused-ring (bicyclic) bond motifs is 2. The molecule has 43 heavy (non-hydrogen) atoms. The second-order valence-electron chi connectivity index (χ2n) is 12.1. The van der Waals surface area contributed by atoms with Gasteiger partial charge in [0.15, 0.2) is 0 Å². The molecule has 0 aliphatic carbocycles. The summed E-state index contributed by atoms with van der Waals surface area (Å²) in [4.78, 5) is 29.2. The monoisotopic (exact) mass is 577 g/mol. The molecule has 0 saturated carbocycles. The minimum absolute atomic E-state index is 0.0256. The Balaban J connectivity index is 1.37. The lowest BCUT2D eigenvalue weighted by Crippen LogP contribution is -2.45. The van der Waals surface area contributed by atoms with Gasteiger partial charge in [-0.2, -0.15) is 0 Å². The van der Waals surface area contributed by atoms with Gasteiger partial charge in [0.05, 0.1) is 12.5 Å². The highest BCUT2D eigenvalue weighted by Gasteiger charge is 2.33. The average molecular weight is 578 g/mol. The van der Waals surface area contributed by atoms with Crippen molar-refractivity contribution in [3.05, 3.63) is 96.1 Å². The highest BCUT2D eigenvalue weighted by Crippen LogP contribution is 2.34. The van der Waals surface area contributed by atoms with Crippen molar-refractivity contribution in [3.63, 3.8) is 0 Å². The normalized spacial score (nSPS) is 19.9. The highest BCUT2D eigenvalue weighted by atomic mass is 16.2. The molecule has 0 bridgehead atoms. The summed E-state index contributed by atoms with van der Waals surface area (Å²) in [5, 5.41) is 15.4. The largest absolute Gasteiger partial charge is 0.370 e. The number of carbonyl (C=O) groups excluding carboxylic acids is 2.